The lowest BCUT2D eigenvalue weighted by molar-refractivity contribution is -0.142. The summed E-state index contributed by atoms with van der Waals surface area (Å²) in [5.41, 5.74) is 2.65. The van der Waals surface area contributed by atoms with E-state index in [1.807, 2.05) is 6.92 Å². The third kappa shape index (κ3) is 3.83. The smallest absolute Gasteiger partial charge is 0.308 e. The van der Waals surface area contributed by atoms with Crippen LogP contribution in [0.3, 0.4) is 0 Å². The summed E-state index contributed by atoms with van der Waals surface area (Å²) in [7, 11) is 0. The van der Waals surface area contributed by atoms with Crippen molar-refractivity contribution in [3.63, 3.8) is 0 Å². The summed E-state index contributed by atoms with van der Waals surface area (Å²) < 4.78 is 0. The molecule has 0 spiro atoms. The fourth-order valence-electron chi connectivity index (χ4n) is 3.03. The number of benzene rings is 1. The van der Waals surface area contributed by atoms with E-state index < -0.39 is 5.97 Å². The SMILES string of the molecule is CC(C)Cc1ccc(CN2C[C@@H](C)[C@H](C(=O)O)C2)cc1. The first kappa shape index (κ1) is 15.0. The number of hydrogen-bond donors (Lipinski definition) is 1. The van der Waals surface area contributed by atoms with Crippen LogP contribution in [0.2, 0.25) is 0 Å². The number of carboxylic acid groups (broad SMARTS) is 1. The molecule has 1 aliphatic heterocycles. The highest BCUT2D eigenvalue weighted by molar-refractivity contribution is 5.71. The molecule has 1 saturated heterocycles. The molecule has 3 heteroatoms. The molecule has 2 atom stereocenters. The first-order valence-corrected chi connectivity index (χ1v) is 7.48. The van der Waals surface area contributed by atoms with E-state index in [2.05, 4.69) is 43.0 Å². The molecule has 0 aromatic heterocycles. The molecule has 1 fully saturated rings. The first-order valence-electron chi connectivity index (χ1n) is 7.48. The summed E-state index contributed by atoms with van der Waals surface area (Å²) in [6, 6.07) is 8.75. The van der Waals surface area contributed by atoms with Crippen molar-refractivity contribution < 1.29 is 9.90 Å². The highest BCUT2D eigenvalue weighted by Gasteiger charge is 2.34. The molecule has 0 saturated carbocycles. The third-order valence-corrected chi connectivity index (χ3v) is 4.08. The van der Waals surface area contributed by atoms with E-state index in [1.54, 1.807) is 0 Å². The van der Waals surface area contributed by atoms with Crippen LogP contribution < -0.4 is 0 Å². The number of hydrogen-bond acceptors (Lipinski definition) is 2. The number of carboxylic acids is 1. The van der Waals surface area contributed by atoms with E-state index in [-0.39, 0.29) is 11.8 Å². The quantitative estimate of drug-likeness (QED) is 0.898. The first-order chi connectivity index (χ1) is 9.45. The van der Waals surface area contributed by atoms with E-state index in [4.69, 9.17) is 5.11 Å². The van der Waals surface area contributed by atoms with Crippen LogP contribution in [-0.4, -0.2) is 29.1 Å². The van der Waals surface area contributed by atoms with Crippen LogP contribution in [0.4, 0.5) is 0 Å². The van der Waals surface area contributed by atoms with Gasteiger partial charge < -0.3 is 5.11 Å². The van der Waals surface area contributed by atoms with Crippen molar-refractivity contribution in [1.82, 2.24) is 4.90 Å². The van der Waals surface area contributed by atoms with E-state index in [0.29, 0.717) is 12.5 Å². The minimum atomic E-state index is -0.660. The lowest BCUT2D eigenvalue weighted by atomic mass is 9.99. The molecule has 0 bridgehead atoms. The summed E-state index contributed by atoms with van der Waals surface area (Å²) in [6.45, 7) is 8.90. The van der Waals surface area contributed by atoms with Crippen molar-refractivity contribution in [1.29, 1.82) is 0 Å². The van der Waals surface area contributed by atoms with E-state index in [0.717, 1.165) is 19.5 Å². The summed E-state index contributed by atoms with van der Waals surface area (Å²) >= 11 is 0. The zero-order chi connectivity index (χ0) is 14.7. The molecule has 2 rings (SSSR count). The van der Waals surface area contributed by atoms with Gasteiger partial charge in [-0.2, -0.15) is 0 Å². The molecule has 1 aromatic carbocycles. The van der Waals surface area contributed by atoms with Crippen LogP contribution in [0, 0.1) is 17.8 Å². The Morgan fingerprint density at radius 2 is 1.85 bits per heavy atom. The van der Waals surface area contributed by atoms with Crippen LogP contribution in [0.15, 0.2) is 24.3 Å². The van der Waals surface area contributed by atoms with Gasteiger partial charge in [-0.3, -0.25) is 9.69 Å². The Bertz CT molecular complexity index is 453. The average Bonchev–Trinajstić information content (AvgIpc) is 2.72. The molecule has 1 aromatic rings. The van der Waals surface area contributed by atoms with Crippen molar-refractivity contribution in [3.05, 3.63) is 35.4 Å². The third-order valence-electron chi connectivity index (χ3n) is 4.08. The summed E-state index contributed by atoms with van der Waals surface area (Å²) in [4.78, 5) is 13.4. The summed E-state index contributed by atoms with van der Waals surface area (Å²) in [6.07, 6.45) is 1.11. The number of likely N-dealkylation sites (tertiary alicyclic amines) is 1. The topological polar surface area (TPSA) is 40.5 Å². The summed E-state index contributed by atoms with van der Waals surface area (Å²) in [5, 5.41) is 9.16. The van der Waals surface area contributed by atoms with Gasteiger partial charge in [-0.15, -0.1) is 0 Å². The lowest BCUT2D eigenvalue weighted by Gasteiger charge is -2.15. The Morgan fingerprint density at radius 3 is 2.35 bits per heavy atom. The van der Waals surface area contributed by atoms with Gasteiger partial charge in [-0.05, 0) is 29.4 Å². The molecule has 3 nitrogen and oxygen atoms in total. The monoisotopic (exact) mass is 275 g/mol. The maximum Gasteiger partial charge on any atom is 0.308 e. The van der Waals surface area contributed by atoms with Crippen LogP contribution in [-0.2, 0) is 17.8 Å². The standard InChI is InChI=1S/C17H25NO2/c1-12(2)8-14-4-6-15(7-5-14)10-18-9-13(3)16(11-18)17(19)20/h4-7,12-13,16H,8-11H2,1-3H3,(H,19,20)/t13-,16-/m1/s1. The normalized spacial score (nSPS) is 23.4. The number of nitrogens with zero attached hydrogens (tertiary/aromatic N) is 1. The largest absolute Gasteiger partial charge is 0.481 e. The van der Waals surface area contributed by atoms with Gasteiger partial charge in [0, 0.05) is 19.6 Å². The second-order valence-corrected chi connectivity index (χ2v) is 6.53. The zero-order valence-corrected chi connectivity index (χ0v) is 12.7. The Balaban J connectivity index is 1.92. The number of carbonyl (C=O) groups is 1. The lowest BCUT2D eigenvalue weighted by Crippen LogP contribution is -2.23. The minimum absolute atomic E-state index is 0.213. The van der Waals surface area contributed by atoms with Gasteiger partial charge in [0.25, 0.3) is 0 Å². The zero-order valence-electron chi connectivity index (χ0n) is 12.7. The fraction of sp³-hybridized carbons (Fsp3) is 0.588. The van der Waals surface area contributed by atoms with Gasteiger partial charge >= 0.3 is 5.97 Å². The minimum Gasteiger partial charge on any atom is -0.481 e. The predicted octanol–water partition coefficient (Wildman–Crippen LogP) is 3.04. The molecule has 0 unspecified atom stereocenters. The Labute approximate surface area is 121 Å². The van der Waals surface area contributed by atoms with Gasteiger partial charge in [0.05, 0.1) is 5.92 Å². The van der Waals surface area contributed by atoms with Crippen molar-refractivity contribution in [2.24, 2.45) is 17.8 Å². The molecular formula is C17H25NO2. The van der Waals surface area contributed by atoms with Crippen molar-refractivity contribution >= 4 is 5.97 Å². The second-order valence-electron chi connectivity index (χ2n) is 6.53. The van der Waals surface area contributed by atoms with Crippen LogP contribution in [0.5, 0.6) is 0 Å². The van der Waals surface area contributed by atoms with Crippen LogP contribution in [0.1, 0.15) is 31.9 Å². The molecule has 20 heavy (non-hydrogen) atoms. The van der Waals surface area contributed by atoms with Crippen molar-refractivity contribution in [3.8, 4) is 0 Å². The molecule has 1 N–H and O–H groups in total. The predicted molar refractivity (Wildman–Crippen MR) is 80.6 cm³/mol. The number of rotatable bonds is 5. The van der Waals surface area contributed by atoms with E-state index in [9.17, 15) is 4.79 Å². The summed E-state index contributed by atoms with van der Waals surface area (Å²) in [5.74, 6) is 0.0480. The van der Waals surface area contributed by atoms with Gasteiger partial charge in [-0.1, -0.05) is 45.0 Å². The second kappa shape index (κ2) is 6.40. The molecule has 0 aliphatic carbocycles. The molecule has 0 amide bonds. The molecule has 1 aliphatic rings. The van der Waals surface area contributed by atoms with Gasteiger partial charge in [0.15, 0.2) is 0 Å². The average molecular weight is 275 g/mol. The highest BCUT2D eigenvalue weighted by Crippen LogP contribution is 2.24. The van der Waals surface area contributed by atoms with Gasteiger partial charge in [0.2, 0.25) is 0 Å². The Morgan fingerprint density at radius 1 is 1.25 bits per heavy atom. The van der Waals surface area contributed by atoms with Gasteiger partial charge in [0.1, 0.15) is 0 Å². The molecule has 0 radical (unpaired) electrons. The molecule has 110 valence electrons. The highest BCUT2D eigenvalue weighted by atomic mass is 16.4. The van der Waals surface area contributed by atoms with Crippen LogP contribution >= 0.6 is 0 Å². The van der Waals surface area contributed by atoms with E-state index in [1.165, 1.54) is 11.1 Å². The number of aliphatic carboxylic acids is 1. The van der Waals surface area contributed by atoms with Gasteiger partial charge in [-0.25, -0.2) is 0 Å². The van der Waals surface area contributed by atoms with Crippen molar-refractivity contribution in [2.75, 3.05) is 13.1 Å². The molecule has 1 heterocycles. The maximum absolute atomic E-state index is 11.1. The van der Waals surface area contributed by atoms with Crippen LogP contribution in [0.25, 0.3) is 0 Å². The fourth-order valence-corrected chi connectivity index (χ4v) is 3.03. The Kier molecular flexibility index (Phi) is 4.81. The van der Waals surface area contributed by atoms with Crippen molar-refractivity contribution in [2.45, 2.75) is 33.7 Å². The molecular weight excluding hydrogens is 250 g/mol. The maximum atomic E-state index is 11.1. The van der Waals surface area contributed by atoms with E-state index >= 15 is 0 Å². The Hall–Kier alpha value is -1.35.